The summed E-state index contributed by atoms with van der Waals surface area (Å²) in [4.78, 5) is 36.4. The van der Waals surface area contributed by atoms with Crippen molar-refractivity contribution >= 4 is 5.91 Å². The van der Waals surface area contributed by atoms with Crippen molar-refractivity contribution in [2.24, 2.45) is 5.73 Å². The maximum atomic E-state index is 12.7. The smallest absolute Gasteiger partial charge is 0.331 e. The first kappa shape index (κ1) is 16.4. The molecule has 0 bridgehead atoms. The highest BCUT2D eigenvalue weighted by Gasteiger charge is 2.17. The van der Waals surface area contributed by atoms with Gasteiger partial charge in [-0.05, 0) is 12.5 Å². The van der Waals surface area contributed by atoms with E-state index in [1.807, 2.05) is 30.3 Å². The molecular formula is C17H16N4O4. The van der Waals surface area contributed by atoms with Crippen molar-refractivity contribution in [2.45, 2.75) is 20.0 Å². The largest absolute Gasteiger partial charge is 0.364 e. The molecule has 2 N–H and O–H groups in total. The zero-order chi connectivity index (χ0) is 18.0. The van der Waals surface area contributed by atoms with Gasteiger partial charge in [0.1, 0.15) is 6.26 Å². The molecule has 0 radical (unpaired) electrons. The van der Waals surface area contributed by atoms with Gasteiger partial charge in [0, 0.05) is 17.3 Å². The molecule has 0 aliphatic heterocycles. The van der Waals surface area contributed by atoms with Crippen LogP contribution in [0.2, 0.25) is 0 Å². The van der Waals surface area contributed by atoms with E-state index < -0.39 is 17.2 Å². The molecule has 8 nitrogen and oxygen atoms in total. The summed E-state index contributed by atoms with van der Waals surface area (Å²) in [6.07, 6.45) is 2.73. The van der Waals surface area contributed by atoms with Crippen LogP contribution in [0.5, 0.6) is 0 Å². The fourth-order valence-electron chi connectivity index (χ4n) is 2.57. The third-order valence-electron chi connectivity index (χ3n) is 3.81. The Bertz CT molecular complexity index is 1030. The number of hydrogen-bond donors (Lipinski definition) is 1. The number of nitrogens with zero attached hydrogens (tertiary/aromatic N) is 3. The highest BCUT2D eigenvalue weighted by atomic mass is 16.5. The average Bonchev–Trinajstić information content (AvgIpc) is 3.06. The van der Waals surface area contributed by atoms with Crippen LogP contribution < -0.4 is 17.0 Å². The summed E-state index contributed by atoms with van der Waals surface area (Å²) in [7, 11) is 0. The maximum absolute atomic E-state index is 12.7. The van der Waals surface area contributed by atoms with Gasteiger partial charge >= 0.3 is 5.69 Å². The topological polar surface area (TPSA) is 113 Å². The number of aromatic nitrogens is 3. The van der Waals surface area contributed by atoms with E-state index in [4.69, 9.17) is 10.3 Å². The molecule has 2 heterocycles. The van der Waals surface area contributed by atoms with Gasteiger partial charge in [-0.15, -0.1) is 0 Å². The zero-order valence-corrected chi connectivity index (χ0v) is 13.5. The Morgan fingerprint density at radius 1 is 1.20 bits per heavy atom. The van der Waals surface area contributed by atoms with E-state index in [0.717, 1.165) is 10.1 Å². The molecule has 128 valence electrons. The Labute approximate surface area is 142 Å². The summed E-state index contributed by atoms with van der Waals surface area (Å²) < 4.78 is 7.23. The third-order valence-corrected chi connectivity index (χ3v) is 3.81. The minimum atomic E-state index is -0.783. The normalized spacial score (nSPS) is 10.8. The summed E-state index contributed by atoms with van der Waals surface area (Å²) in [6.45, 7) is 1.81. The van der Waals surface area contributed by atoms with Crippen molar-refractivity contribution in [3.63, 3.8) is 0 Å². The van der Waals surface area contributed by atoms with Crippen molar-refractivity contribution in [1.29, 1.82) is 0 Å². The van der Waals surface area contributed by atoms with Gasteiger partial charge in [-0.25, -0.2) is 4.79 Å². The Balaban J connectivity index is 2.04. The average molecular weight is 340 g/mol. The van der Waals surface area contributed by atoms with Gasteiger partial charge in [0.15, 0.2) is 5.69 Å². The molecule has 1 amide bonds. The highest BCUT2D eigenvalue weighted by molar-refractivity contribution is 5.91. The maximum Gasteiger partial charge on any atom is 0.331 e. The van der Waals surface area contributed by atoms with E-state index in [1.54, 1.807) is 6.92 Å². The van der Waals surface area contributed by atoms with Gasteiger partial charge < -0.3 is 10.3 Å². The predicted molar refractivity (Wildman–Crippen MR) is 89.4 cm³/mol. The molecule has 3 rings (SSSR count). The van der Waals surface area contributed by atoms with Crippen LogP contribution in [-0.2, 0) is 13.1 Å². The summed E-state index contributed by atoms with van der Waals surface area (Å²) in [5.41, 5.74) is 5.81. The van der Waals surface area contributed by atoms with Crippen LogP contribution in [0, 0.1) is 6.92 Å². The van der Waals surface area contributed by atoms with Gasteiger partial charge in [-0.1, -0.05) is 35.5 Å². The minimum Gasteiger partial charge on any atom is -0.364 e. The Hall–Kier alpha value is -3.42. The first-order valence-corrected chi connectivity index (χ1v) is 7.55. The van der Waals surface area contributed by atoms with Crippen molar-refractivity contribution in [2.75, 3.05) is 0 Å². The summed E-state index contributed by atoms with van der Waals surface area (Å²) in [5, 5.41) is 3.51. The van der Waals surface area contributed by atoms with E-state index in [2.05, 4.69) is 5.16 Å². The molecule has 0 unspecified atom stereocenters. The summed E-state index contributed by atoms with van der Waals surface area (Å²) in [5.74, 6) is -0.783. The second-order valence-electron chi connectivity index (χ2n) is 5.65. The number of benzene rings is 1. The van der Waals surface area contributed by atoms with Gasteiger partial charge in [0.05, 0.1) is 13.1 Å². The van der Waals surface area contributed by atoms with Gasteiger partial charge in [-0.2, -0.15) is 0 Å². The molecule has 1 aromatic carbocycles. The molecule has 8 heteroatoms. The second kappa shape index (κ2) is 6.60. The number of primary amides is 1. The van der Waals surface area contributed by atoms with Crippen LogP contribution in [0.3, 0.4) is 0 Å². The molecule has 25 heavy (non-hydrogen) atoms. The van der Waals surface area contributed by atoms with E-state index >= 15 is 0 Å². The first-order valence-electron chi connectivity index (χ1n) is 7.55. The number of carbonyl (C=O) groups is 1. The molecule has 3 aromatic rings. The lowest BCUT2D eigenvalue weighted by molar-refractivity contribution is 0.0991. The van der Waals surface area contributed by atoms with Crippen molar-refractivity contribution in [1.82, 2.24) is 14.3 Å². The van der Waals surface area contributed by atoms with Gasteiger partial charge in [0.25, 0.3) is 11.5 Å². The number of rotatable bonds is 5. The fourth-order valence-corrected chi connectivity index (χ4v) is 2.57. The standard InChI is InChI=1S/C17H16N4O4/c1-11-7-20(8-12-5-3-2-4-6-12)17(24)21(16(11)23)9-13-10-25-19-14(13)15(18)22/h2-7,10H,8-9H2,1H3,(H2,18,22). The number of carbonyl (C=O) groups excluding carboxylic acids is 1. The number of amides is 1. The van der Waals surface area contributed by atoms with E-state index in [9.17, 15) is 14.4 Å². The van der Waals surface area contributed by atoms with Crippen LogP contribution in [0.1, 0.15) is 27.2 Å². The fraction of sp³-hybridized carbons (Fsp3) is 0.176. The van der Waals surface area contributed by atoms with E-state index in [1.165, 1.54) is 17.0 Å². The second-order valence-corrected chi connectivity index (χ2v) is 5.65. The molecule has 0 aliphatic rings. The number of nitrogens with two attached hydrogens (primary N) is 1. The van der Waals surface area contributed by atoms with Crippen molar-refractivity contribution < 1.29 is 9.32 Å². The molecule has 0 saturated heterocycles. The van der Waals surface area contributed by atoms with Crippen LogP contribution in [0.4, 0.5) is 0 Å². The molecule has 0 aliphatic carbocycles. The molecule has 2 aromatic heterocycles. The van der Waals surface area contributed by atoms with Crippen LogP contribution in [0.25, 0.3) is 0 Å². The van der Waals surface area contributed by atoms with Crippen LogP contribution >= 0.6 is 0 Å². The SMILES string of the molecule is Cc1cn(Cc2ccccc2)c(=O)n(Cc2conc2C(N)=O)c1=O. The summed E-state index contributed by atoms with van der Waals surface area (Å²) >= 11 is 0. The quantitative estimate of drug-likeness (QED) is 0.727. The minimum absolute atomic E-state index is 0.0950. The Morgan fingerprint density at radius 2 is 1.92 bits per heavy atom. The molecule has 0 fully saturated rings. The Morgan fingerprint density at radius 3 is 2.60 bits per heavy atom. The number of aryl methyl sites for hydroxylation is 1. The highest BCUT2D eigenvalue weighted by Crippen LogP contribution is 2.07. The van der Waals surface area contributed by atoms with Crippen LogP contribution in [-0.4, -0.2) is 20.2 Å². The molecular weight excluding hydrogens is 324 g/mol. The zero-order valence-electron chi connectivity index (χ0n) is 13.5. The van der Waals surface area contributed by atoms with Crippen molar-refractivity contribution in [3.05, 3.63) is 86.0 Å². The predicted octanol–water partition coefficient (Wildman–Crippen LogP) is 0.502. The monoisotopic (exact) mass is 340 g/mol. The first-order chi connectivity index (χ1) is 12.0. The van der Waals surface area contributed by atoms with Crippen molar-refractivity contribution in [3.8, 4) is 0 Å². The third kappa shape index (κ3) is 3.27. The number of hydrogen-bond acceptors (Lipinski definition) is 5. The van der Waals surface area contributed by atoms with Crippen LogP contribution in [0.15, 0.2) is 56.9 Å². The lowest BCUT2D eigenvalue weighted by Crippen LogP contribution is -2.41. The molecule has 0 saturated carbocycles. The van der Waals surface area contributed by atoms with Gasteiger partial charge in [0.2, 0.25) is 0 Å². The Kier molecular flexibility index (Phi) is 4.34. The lowest BCUT2D eigenvalue weighted by atomic mass is 10.2. The summed E-state index contributed by atoms with van der Waals surface area (Å²) in [6, 6.07) is 9.42. The molecule has 0 spiro atoms. The van der Waals surface area contributed by atoms with E-state index in [0.29, 0.717) is 12.1 Å². The molecule has 0 atom stereocenters. The lowest BCUT2D eigenvalue weighted by Gasteiger charge is -2.11. The van der Waals surface area contributed by atoms with Gasteiger partial charge in [-0.3, -0.25) is 18.7 Å². The van der Waals surface area contributed by atoms with E-state index in [-0.39, 0.29) is 17.8 Å².